The first-order chi connectivity index (χ1) is 9.13. The van der Waals surface area contributed by atoms with E-state index in [0.717, 1.165) is 19.5 Å². The van der Waals surface area contributed by atoms with Crippen molar-refractivity contribution in [2.24, 2.45) is 5.92 Å². The molecule has 6 atom stereocenters. The number of hydrogen-bond donors (Lipinski definition) is 4. The third-order valence-corrected chi connectivity index (χ3v) is 5.32. The molecule has 5 nitrogen and oxygen atoms in total. The number of nitrogens with one attached hydrogen (secondary N) is 4. The highest BCUT2D eigenvalue weighted by Gasteiger charge is 2.38. The predicted molar refractivity (Wildman–Crippen MR) is 77.3 cm³/mol. The maximum absolute atomic E-state index is 6.43. The lowest BCUT2D eigenvalue weighted by atomic mass is 9.86. The van der Waals surface area contributed by atoms with Gasteiger partial charge in [0, 0.05) is 17.5 Å². The second kappa shape index (κ2) is 5.84. The highest BCUT2D eigenvalue weighted by Crippen LogP contribution is 2.29. The van der Waals surface area contributed by atoms with Gasteiger partial charge in [0.15, 0.2) is 0 Å². The second-order valence-corrected chi connectivity index (χ2v) is 6.90. The monoisotopic (exact) mass is 287 g/mol. The zero-order chi connectivity index (χ0) is 13.4. The molecule has 0 spiro atoms. The first kappa shape index (κ1) is 14.0. The Morgan fingerprint density at radius 3 is 2.84 bits per heavy atom. The van der Waals surface area contributed by atoms with Crippen LogP contribution in [0.3, 0.4) is 0 Å². The first-order valence-electron chi connectivity index (χ1n) is 7.55. The molecule has 0 radical (unpaired) electrons. The Bertz CT molecular complexity index is 315. The highest BCUT2D eigenvalue weighted by molar-refractivity contribution is 6.20. The minimum Gasteiger partial charge on any atom is -0.298 e. The van der Waals surface area contributed by atoms with E-state index in [-0.39, 0.29) is 6.29 Å². The molecule has 6 unspecified atom stereocenters. The summed E-state index contributed by atoms with van der Waals surface area (Å²) in [5.74, 6) is 0.658. The van der Waals surface area contributed by atoms with Gasteiger partial charge in [-0.2, -0.15) is 5.01 Å². The van der Waals surface area contributed by atoms with E-state index in [2.05, 4.69) is 40.2 Å². The van der Waals surface area contributed by atoms with Crippen LogP contribution in [-0.2, 0) is 0 Å². The van der Waals surface area contributed by atoms with Crippen LogP contribution in [-0.4, -0.2) is 41.6 Å². The van der Waals surface area contributed by atoms with Crippen molar-refractivity contribution in [2.75, 3.05) is 6.67 Å². The van der Waals surface area contributed by atoms with Gasteiger partial charge in [-0.25, -0.2) is 5.43 Å². The van der Waals surface area contributed by atoms with E-state index >= 15 is 0 Å². The van der Waals surface area contributed by atoms with Crippen molar-refractivity contribution in [2.45, 2.75) is 69.4 Å². The van der Waals surface area contributed by atoms with Crippen LogP contribution in [0.15, 0.2) is 0 Å². The Morgan fingerprint density at radius 1 is 1.21 bits per heavy atom. The Kier molecular flexibility index (Phi) is 4.31. The SMILES string of the molecule is CC1CC(NC2CCC(C)C(Cl)C2)N2NCNC2N1. The van der Waals surface area contributed by atoms with Crippen LogP contribution in [0, 0.1) is 5.92 Å². The molecule has 2 heterocycles. The summed E-state index contributed by atoms with van der Waals surface area (Å²) in [6, 6.07) is 1.08. The summed E-state index contributed by atoms with van der Waals surface area (Å²) in [6.07, 6.45) is 5.32. The Morgan fingerprint density at radius 2 is 2.05 bits per heavy atom. The molecule has 0 aromatic carbocycles. The number of rotatable bonds is 2. The molecule has 6 heteroatoms. The van der Waals surface area contributed by atoms with Gasteiger partial charge in [-0.3, -0.25) is 16.0 Å². The zero-order valence-corrected chi connectivity index (χ0v) is 12.6. The lowest BCUT2D eigenvalue weighted by Crippen LogP contribution is -2.67. The van der Waals surface area contributed by atoms with Gasteiger partial charge in [-0.15, -0.1) is 11.6 Å². The smallest absolute Gasteiger partial charge is 0.130 e. The summed E-state index contributed by atoms with van der Waals surface area (Å²) in [7, 11) is 0. The van der Waals surface area contributed by atoms with Crippen molar-refractivity contribution >= 4 is 11.6 Å². The summed E-state index contributed by atoms with van der Waals surface area (Å²) >= 11 is 6.43. The number of halogens is 1. The molecule has 1 aliphatic carbocycles. The third-order valence-electron chi connectivity index (χ3n) is 4.72. The van der Waals surface area contributed by atoms with Gasteiger partial charge in [-0.1, -0.05) is 6.92 Å². The molecule has 2 aliphatic heterocycles. The lowest BCUT2D eigenvalue weighted by molar-refractivity contribution is 0.0112. The van der Waals surface area contributed by atoms with Gasteiger partial charge in [0.2, 0.25) is 0 Å². The summed E-state index contributed by atoms with van der Waals surface area (Å²) in [5.41, 5.74) is 3.40. The van der Waals surface area contributed by atoms with Crippen LogP contribution in [0.4, 0.5) is 0 Å². The van der Waals surface area contributed by atoms with E-state index in [1.165, 1.54) is 12.8 Å². The predicted octanol–water partition coefficient (Wildman–Crippen LogP) is 0.731. The van der Waals surface area contributed by atoms with Gasteiger partial charge in [0.1, 0.15) is 6.29 Å². The summed E-state index contributed by atoms with van der Waals surface area (Å²) < 4.78 is 0. The van der Waals surface area contributed by atoms with Gasteiger partial charge < -0.3 is 0 Å². The van der Waals surface area contributed by atoms with Crippen molar-refractivity contribution in [3.05, 3.63) is 0 Å². The highest BCUT2D eigenvalue weighted by atomic mass is 35.5. The number of hydrogen-bond acceptors (Lipinski definition) is 5. The standard InChI is InChI=1S/C13H26ClN5/c1-8-3-4-10(6-11(8)14)18-12-5-9(2)17-13-15-7-16-19(12)13/h8-13,15-18H,3-7H2,1-2H3. The maximum atomic E-state index is 6.43. The minimum absolute atomic E-state index is 0.246. The van der Waals surface area contributed by atoms with Crippen LogP contribution in [0.2, 0.25) is 0 Å². The molecule has 0 amide bonds. The van der Waals surface area contributed by atoms with Gasteiger partial charge in [0.05, 0.1) is 12.8 Å². The Labute approximate surface area is 120 Å². The molecule has 110 valence electrons. The molecule has 1 saturated carbocycles. The third kappa shape index (κ3) is 3.06. The van der Waals surface area contributed by atoms with E-state index in [4.69, 9.17) is 11.6 Å². The molecule has 3 rings (SSSR count). The molecule has 4 N–H and O–H groups in total. The molecule has 0 bridgehead atoms. The van der Waals surface area contributed by atoms with Crippen LogP contribution < -0.4 is 21.4 Å². The number of hydrazine groups is 1. The molecule has 2 saturated heterocycles. The van der Waals surface area contributed by atoms with E-state index in [0.29, 0.717) is 29.5 Å². The topological polar surface area (TPSA) is 51.4 Å². The van der Waals surface area contributed by atoms with Crippen molar-refractivity contribution in [3.63, 3.8) is 0 Å². The zero-order valence-electron chi connectivity index (χ0n) is 11.8. The molecular weight excluding hydrogens is 262 g/mol. The van der Waals surface area contributed by atoms with E-state index in [1.807, 2.05) is 0 Å². The van der Waals surface area contributed by atoms with Gasteiger partial charge in [0.25, 0.3) is 0 Å². The van der Waals surface area contributed by atoms with Crippen LogP contribution in [0.25, 0.3) is 0 Å². The average molecular weight is 288 g/mol. The molecule has 3 aliphatic rings. The summed E-state index contributed by atoms with van der Waals surface area (Å²) in [4.78, 5) is 0. The van der Waals surface area contributed by atoms with E-state index in [9.17, 15) is 0 Å². The van der Waals surface area contributed by atoms with Crippen LogP contribution in [0.1, 0.15) is 39.5 Å². The van der Waals surface area contributed by atoms with E-state index in [1.54, 1.807) is 0 Å². The largest absolute Gasteiger partial charge is 0.298 e. The second-order valence-electron chi connectivity index (χ2n) is 6.34. The fraction of sp³-hybridized carbons (Fsp3) is 1.00. The van der Waals surface area contributed by atoms with Crippen molar-refractivity contribution in [1.29, 1.82) is 0 Å². The Balaban J connectivity index is 1.59. The fourth-order valence-electron chi connectivity index (χ4n) is 3.48. The number of nitrogens with zero attached hydrogens (tertiary/aromatic N) is 1. The molecule has 0 aromatic rings. The molecular formula is C13H26ClN5. The lowest BCUT2D eigenvalue weighted by Gasteiger charge is -2.43. The van der Waals surface area contributed by atoms with Crippen LogP contribution in [0.5, 0.6) is 0 Å². The number of fused-ring (bicyclic) bond motifs is 1. The summed E-state index contributed by atoms with van der Waals surface area (Å²) in [5, 5.41) is 13.4. The van der Waals surface area contributed by atoms with Crippen molar-refractivity contribution in [3.8, 4) is 0 Å². The fourth-order valence-corrected chi connectivity index (χ4v) is 3.82. The van der Waals surface area contributed by atoms with Crippen molar-refractivity contribution in [1.82, 2.24) is 26.4 Å². The minimum atomic E-state index is 0.246. The number of alkyl halides is 1. The van der Waals surface area contributed by atoms with Gasteiger partial charge >= 0.3 is 0 Å². The van der Waals surface area contributed by atoms with E-state index < -0.39 is 0 Å². The van der Waals surface area contributed by atoms with Crippen molar-refractivity contribution < 1.29 is 0 Å². The Hall–Kier alpha value is 0.0900. The molecule has 0 aromatic heterocycles. The van der Waals surface area contributed by atoms with Gasteiger partial charge in [-0.05, 0) is 38.5 Å². The van der Waals surface area contributed by atoms with Crippen LogP contribution >= 0.6 is 11.6 Å². The first-order valence-corrected chi connectivity index (χ1v) is 7.98. The quantitative estimate of drug-likeness (QED) is 0.564. The summed E-state index contributed by atoms with van der Waals surface area (Å²) in [6.45, 7) is 5.35. The average Bonchev–Trinajstić information content (AvgIpc) is 2.82. The molecule has 19 heavy (non-hydrogen) atoms. The normalized spacial score (nSPS) is 48.2. The molecule has 3 fully saturated rings. The maximum Gasteiger partial charge on any atom is 0.130 e.